The molecule has 7 nitrogen and oxygen atoms in total. The van der Waals surface area contributed by atoms with E-state index in [-0.39, 0.29) is 24.3 Å². The molecule has 0 aromatic carbocycles. The van der Waals surface area contributed by atoms with E-state index in [0.717, 1.165) is 25.1 Å². The Morgan fingerprint density at radius 1 is 1.23 bits per heavy atom. The Hall–Kier alpha value is -0.990. The number of thioether (sulfide) groups is 1. The van der Waals surface area contributed by atoms with Crippen LogP contribution >= 0.6 is 11.8 Å². The first-order valence-corrected chi connectivity index (χ1v) is 11.0. The Balaban J connectivity index is 1.83. The zero-order valence-electron chi connectivity index (χ0n) is 16.4. The van der Waals surface area contributed by atoms with Gasteiger partial charge < -0.3 is 25.0 Å². The van der Waals surface area contributed by atoms with E-state index in [0.29, 0.717) is 19.1 Å². The lowest BCUT2D eigenvalue weighted by Crippen LogP contribution is -2.43. The summed E-state index contributed by atoms with van der Waals surface area (Å²) >= 11 is 1.77. The Morgan fingerprint density at radius 3 is 2.62 bits per heavy atom. The molecule has 1 saturated carbocycles. The van der Waals surface area contributed by atoms with E-state index < -0.39 is 0 Å². The number of guanidine groups is 1. The average molecular weight is 387 g/mol. The largest absolute Gasteiger partial charge is 0.356 e. The number of carbonyl (C=O) groups excluding carboxylic acids is 1. The van der Waals surface area contributed by atoms with Crippen LogP contribution in [0.15, 0.2) is 4.99 Å². The van der Waals surface area contributed by atoms with E-state index >= 15 is 0 Å². The van der Waals surface area contributed by atoms with Gasteiger partial charge in [-0.05, 0) is 19.1 Å². The molecule has 0 bridgehead atoms. The van der Waals surface area contributed by atoms with Crippen LogP contribution in [-0.2, 0) is 14.3 Å². The van der Waals surface area contributed by atoms with Crippen LogP contribution in [0.1, 0.15) is 38.5 Å². The lowest BCUT2D eigenvalue weighted by molar-refractivity contribution is -0.175. The van der Waals surface area contributed by atoms with E-state index in [4.69, 9.17) is 9.47 Å². The Labute approximate surface area is 161 Å². The number of nitrogens with zero attached hydrogens (tertiary/aromatic N) is 2. The molecule has 2 aliphatic rings. The number of amides is 1. The summed E-state index contributed by atoms with van der Waals surface area (Å²) in [5, 5.41) is 6.58. The first-order chi connectivity index (χ1) is 12.5. The van der Waals surface area contributed by atoms with E-state index in [9.17, 15) is 4.79 Å². The van der Waals surface area contributed by atoms with Crippen LogP contribution in [0.25, 0.3) is 0 Å². The van der Waals surface area contributed by atoms with E-state index in [2.05, 4.69) is 21.9 Å². The van der Waals surface area contributed by atoms with Gasteiger partial charge in [0.2, 0.25) is 5.91 Å². The van der Waals surface area contributed by atoms with Gasteiger partial charge in [-0.3, -0.25) is 4.79 Å². The van der Waals surface area contributed by atoms with Gasteiger partial charge in [-0.25, -0.2) is 4.99 Å². The molecule has 1 spiro atoms. The highest BCUT2D eigenvalue weighted by molar-refractivity contribution is 7.98. The molecule has 8 heteroatoms. The van der Waals surface area contributed by atoms with Gasteiger partial charge in [-0.2, -0.15) is 11.8 Å². The molecular weight excluding hydrogens is 352 g/mol. The van der Waals surface area contributed by atoms with Gasteiger partial charge in [0.15, 0.2) is 11.7 Å². The number of likely N-dealkylation sites (N-methyl/N-ethyl adjacent to an activating group) is 1. The summed E-state index contributed by atoms with van der Waals surface area (Å²) in [4.78, 5) is 17.7. The molecule has 2 fully saturated rings. The van der Waals surface area contributed by atoms with Gasteiger partial charge >= 0.3 is 0 Å². The Morgan fingerprint density at radius 2 is 1.96 bits per heavy atom. The predicted molar refractivity (Wildman–Crippen MR) is 107 cm³/mol. The lowest BCUT2D eigenvalue weighted by Gasteiger charge is -2.26. The average Bonchev–Trinajstić information content (AvgIpc) is 2.87. The molecule has 0 radical (unpaired) electrons. The van der Waals surface area contributed by atoms with Crippen LogP contribution in [0.4, 0.5) is 0 Å². The van der Waals surface area contributed by atoms with Crippen molar-refractivity contribution in [2.24, 2.45) is 4.99 Å². The van der Waals surface area contributed by atoms with Crippen molar-refractivity contribution in [2.45, 2.75) is 50.4 Å². The van der Waals surface area contributed by atoms with Crippen molar-refractivity contribution >= 4 is 23.6 Å². The maximum Gasteiger partial charge on any atom is 0.243 e. The van der Waals surface area contributed by atoms with E-state index in [1.165, 1.54) is 25.7 Å². The first-order valence-electron chi connectivity index (χ1n) is 9.58. The van der Waals surface area contributed by atoms with Crippen molar-refractivity contribution in [3.05, 3.63) is 0 Å². The number of aliphatic imine (C=N–C) groups is 1. The lowest BCUT2D eigenvalue weighted by atomic mass is 10.1. The Kier molecular flexibility index (Phi) is 9.01. The molecule has 2 N–H and O–H groups in total. The van der Waals surface area contributed by atoms with Crippen molar-refractivity contribution in [1.82, 2.24) is 15.5 Å². The third-order valence-electron chi connectivity index (χ3n) is 4.75. The molecule has 0 aromatic rings. The maximum atomic E-state index is 11.8. The van der Waals surface area contributed by atoms with Crippen LogP contribution in [-0.4, -0.2) is 81.0 Å². The van der Waals surface area contributed by atoms with Gasteiger partial charge in [0.05, 0.1) is 6.61 Å². The molecule has 0 aromatic heterocycles. The third kappa shape index (κ3) is 6.96. The van der Waals surface area contributed by atoms with Gasteiger partial charge in [-0.1, -0.05) is 12.8 Å². The van der Waals surface area contributed by atoms with Crippen molar-refractivity contribution in [3.63, 3.8) is 0 Å². The molecule has 2 rings (SSSR count). The minimum absolute atomic E-state index is 0.0187. The molecule has 1 heterocycles. The van der Waals surface area contributed by atoms with Crippen LogP contribution in [0, 0.1) is 0 Å². The summed E-state index contributed by atoms with van der Waals surface area (Å²) in [6.45, 7) is 2.17. The second kappa shape index (κ2) is 11.0. The first kappa shape index (κ1) is 21.3. The summed E-state index contributed by atoms with van der Waals surface area (Å²) in [5.41, 5.74) is 0. The standard InChI is InChI=1S/C18H34N4O3S/c1-22(2)16(23)13-21-17(19-10-11-26-3)20-12-15-14-24-18(25-15)8-6-4-5-7-9-18/h15H,4-14H2,1-3H3,(H2,19,20,21). The maximum absolute atomic E-state index is 11.8. The van der Waals surface area contributed by atoms with Gasteiger partial charge in [0, 0.05) is 45.8 Å². The van der Waals surface area contributed by atoms with Crippen molar-refractivity contribution in [2.75, 3.05) is 52.3 Å². The highest BCUT2D eigenvalue weighted by Gasteiger charge is 2.41. The van der Waals surface area contributed by atoms with E-state index in [1.54, 1.807) is 30.8 Å². The number of rotatable bonds is 7. The third-order valence-corrected chi connectivity index (χ3v) is 5.36. The molecular formula is C18H34N4O3S. The van der Waals surface area contributed by atoms with Crippen molar-refractivity contribution in [1.29, 1.82) is 0 Å². The Bertz CT molecular complexity index is 465. The number of carbonyl (C=O) groups is 1. The quantitative estimate of drug-likeness (QED) is 0.392. The van der Waals surface area contributed by atoms with Crippen LogP contribution in [0.3, 0.4) is 0 Å². The summed E-state index contributed by atoms with van der Waals surface area (Å²) in [6.07, 6.45) is 8.97. The molecule has 150 valence electrons. The highest BCUT2D eigenvalue weighted by Crippen LogP contribution is 2.36. The summed E-state index contributed by atoms with van der Waals surface area (Å²) in [7, 11) is 3.48. The monoisotopic (exact) mass is 386 g/mol. The van der Waals surface area contributed by atoms with Crippen molar-refractivity contribution < 1.29 is 14.3 Å². The second-order valence-electron chi connectivity index (χ2n) is 7.13. The van der Waals surface area contributed by atoms with Crippen LogP contribution in [0.5, 0.6) is 0 Å². The van der Waals surface area contributed by atoms with Gasteiger partial charge in [0.1, 0.15) is 12.6 Å². The SMILES string of the molecule is CSCCNC(=NCC(=O)N(C)C)NCC1COC2(CCCCCC2)O1. The highest BCUT2D eigenvalue weighted by atomic mass is 32.2. The number of ether oxygens (including phenoxy) is 2. The molecule has 1 saturated heterocycles. The second-order valence-corrected chi connectivity index (χ2v) is 8.11. The minimum Gasteiger partial charge on any atom is -0.356 e. The molecule has 1 amide bonds. The summed E-state index contributed by atoms with van der Waals surface area (Å²) in [6, 6.07) is 0. The molecule has 1 unspecified atom stereocenters. The van der Waals surface area contributed by atoms with Gasteiger partial charge in [-0.15, -0.1) is 0 Å². The normalized spacial score (nSPS) is 22.9. The number of hydrogen-bond acceptors (Lipinski definition) is 5. The number of nitrogens with one attached hydrogen (secondary N) is 2. The fraction of sp³-hybridized carbons (Fsp3) is 0.889. The predicted octanol–water partition coefficient (Wildman–Crippen LogP) is 1.44. The van der Waals surface area contributed by atoms with E-state index in [1.807, 2.05) is 0 Å². The molecule has 1 aliphatic carbocycles. The minimum atomic E-state index is -0.368. The summed E-state index contributed by atoms with van der Waals surface area (Å²) < 4.78 is 12.3. The molecule has 1 aliphatic heterocycles. The summed E-state index contributed by atoms with van der Waals surface area (Å²) in [5.74, 6) is 1.25. The topological polar surface area (TPSA) is 75.2 Å². The zero-order valence-corrected chi connectivity index (χ0v) is 17.2. The van der Waals surface area contributed by atoms with Crippen LogP contribution < -0.4 is 10.6 Å². The number of hydrogen-bond donors (Lipinski definition) is 2. The van der Waals surface area contributed by atoms with Crippen LogP contribution in [0.2, 0.25) is 0 Å². The fourth-order valence-electron chi connectivity index (χ4n) is 3.19. The fourth-order valence-corrected chi connectivity index (χ4v) is 3.50. The molecule has 1 atom stereocenters. The smallest absolute Gasteiger partial charge is 0.243 e. The molecule has 26 heavy (non-hydrogen) atoms. The zero-order chi connectivity index (χ0) is 18.8. The van der Waals surface area contributed by atoms with Gasteiger partial charge in [0.25, 0.3) is 0 Å². The van der Waals surface area contributed by atoms with Crippen molar-refractivity contribution in [3.8, 4) is 0 Å².